The molecule has 2 N–H and O–H groups in total. The highest BCUT2D eigenvalue weighted by Gasteiger charge is 2.27. The third-order valence-electron chi connectivity index (χ3n) is 4.59. The first kappa shape index (κ1) is 18.5. The molecule has 2 aliphatic carbocycles. The largest absolute Gasteiger partial charge is 0.444 e. The molecule has 2 rings (SSSR count). The third kappa shape index (κ3) is 7.53. The number of ether oxygens (including phenoxy) is 2. The van der Waals surface area contributed by atoms with E-state index in [4.69, 9.17) is 9.47 Å². The Balaban J connectivity index is 1.54. The molecule has 1 amide bonds. The van der Waals surface area contributed by atoms with E-state index < -0.39 is 5.60 Å². The number of rotatable bonds is 6. The molecule has 2 atom stereocenters. The van der Waals surface area contributed by atoms with Crippen LogP contribution in [-0.4, -0.2) is 43.0 Å². The van der Waals surface area contributed by atoms with Gasteiger partial charge in [0.05, 0.1) is 12.7 Å². The van der Waals surface area contributed by atoms with Gasteiger partial charge in [-0.25, -0.2) is 4.79 Å². The second kappa shape index (κ2) is 8.88. The Morgan fingerprint density at radius 2 is 1.74 bits per heavy atom. The van der Waals surface area contributed by atoms with Gasteiger partial charge >= 0.3 is 6.09 Å². The quantitative estimate of drug-likeness (QED) is 0.735. The van der Waals surface area contributed by atoms with Crippen molar-refractivity contribution in [3.63, 3.8) is 0 Å². The fraction of sp³-hybridized carbons (Fsp3) is 0.944. The normalized spacial score (nSPS) is 26.2. The van der Waals surface area contributed by atoms with E-state index in [9.17, 15) is 4.79 Å². The van der Waals surface area contributed by atoms with Gasteiger partial charge in [0.25, 0.3) is 0 Å². The summed E-state index contributed by atoms with van der Waals surface area (Å²) >= 11 is 0. The molecule has 0 aliphatic heterocycles. The number of hydrogen-bond donors (Lipinski definition) is 2. The van der Waals surface area contributed by atoms with Gasteiger partial charge in [0.1, 0.15) is 5.60 Å². The molecule has 5 heteroatoms. The molecule has 0 aromatic rings. The fourth-order valence-electron chi connectivity index (χ4n) is 3.49. The SMILES string of the molecule is CC(C)(C)OC(=O)NC1CCC(NCCOC2CCCCC2)C1. The lowest BCUT2D eigenvalue weighted by Crippen LogP contribution is -2.39. The molecule has 0 aromatic carbocycles. The van der Waals surface area contributed by atoms with E-state index in [-0.39, 0.29) is 12.1 Å². The topological polar surface area (TPSA) is 59.6 Å². The first-order valence-corrected chi connectivity index (χ1v) is 9.27. The van der Waals surface area contributed by atoms with Gasteiger partial charge < -0.3 is 20.1 Å². The van der Waals surface area contributed by atoms with Crippen molar-refractivity contribution in [3.05, 3.63) is 0 Å². The van der Waals surface area contributed by atoms with Crippen molar-refractivity contribution in [2.45, 2.75) is 95.9 Å². The van der Waals surface area contributed by atoms with Crippen molar-refractivity contribution < 1.29 is 14.3 Å². The number of carbonyl (C=O) groups is 1. The average molecular weight is 326 g/mol. The molecule has 2 fully saturated rings. The van der Waals surface area contributed by atoms with Crippen LogP contribution in [0.3, 0.4) is 0 Å². The molecule has 23 heavy (non-hydrogen) atoms. The molecule has 2 saturated carbocycles. The second-order valence-electron chi connectivity index (χ2n) is 7.94. The molecule has 0 saturated heterocycles. The molecule has 0 aromatic heterocycles. The molecule has 5 nitrogen and oxygen atoms in total. The summed E-state index contributed by atoms with van der Waals surface area (Å²) in [6.45, 7) is 7.36. The summed E-state index contributed by atoms with van der Waals surface area (Å²) in [5.41, 5.74) is -0.434. The van der Waals surface area contributed by atoms with Crippen LogP contribution in [0.2, 0.25) is 0 Å². The smallest absolute Gasteiger partial charge is 0.407 e. The van der Waals surface area contributed by atoms with Crippen molar-refractivity contribution in [2.75, 3.05) is 13.2 Å². The van der Waals surface area contributed by atoms with E-state index >= 15 is 0 Å². The molecular weight excluding hydrogens is 292 g/mol. The number of alkyl carbamates (subject to hydrolysis) is 1. The first-order chi connectivity index (χ1) is 10.9. The van der Waals surface area contributed by atoms with Crippen LogP contribution in [0.5, 0.6) is 0 Å². The highest BCUT2D eigenvalue weighted by molar-refractivity contribution is 5.68. The van der Waals surface area contributed by atoms with Crippen LogP contribution >= 0.6 is 0 Å². The average Bonchev–Trinajstić information content (AvgIpc) is 2.90. The Morgan fingerprint density at radius 3 is 2.43 bits per heavy atom. The summed E-state index contributed by atoms with van der Waals surface area (Å²) < 4.78 is 11.2. The van der Waals surface area contributed by atoms with E-state index in [2.05, 4.69) is 10.6 Å². The summed E-state index contributed by atoms with van der Waals surface area (Å²) in [7, 11) is 0. The maximum atomic E-state index is 11.8. The standard InChI is InChI=1S/C18H34N2O3/c1-18(2,3)23-17(21)20-15-10-9-14(13-15)19-11-12-22-16-7-5-4-6-8-16/h14-16,19H,4-13H2,1-3H3,(H,20,21). The number of carbonyl (C=O) groups excluding carboxylic acids is 1. The zero-order valence-electron chi connectivity index (χ0n) is 15.0. The lowest BCUT2D eigenvalue weighted by Gasteiger charge is -2.23. The van der Waals surface area contributed by atoms with Crippen LogP contribution in [0, 0.1) is 0 Å². The third-order valence-corrected chi connectivity index (χ3v) is 4.59. The van der Waals surface area contributed by atoms with Crippen molar-refractivity contribution in [3.8, 4) is 0 Å². The van der Waals surface area contributed by atoms with Crippen LogP contribution in [0.4, 0.5) is 4.79 Å². The predicted octanol–water partition coefficient (Wildman–Crippen LogP) is 3.37. The highest BCUT2D eigenvalue weighted by atomic mass is 16.6. The van der Waals surface area contributed by atoms with Crippen LogP contribution in [0.1, 0.15) is 72.1 Å². The van der Waals surface area contributed by atoms with Gasteiger partial charge in [0, 0.05) is 18.6 Å². The monoisotopic (exact) mass is 326 g/mol. The molecule has 0 spiro atoms. The summed E-state index contributed by atoms with van der Waals surface area (Å²) in [6, 6.07) is 0.700. The van der Waals surface area contributed by atoms with E-state index in [0.717, 1.165) is 32.4 Å². The molecular formula is C18H34N2O3. The van der Waals surface area contributed by atoms with Gasteiger partial charge in [-0.3, -0.25) is 0 Å². The fourth-order valence-corrected chi connectivity index (χ4v) is 3.49. The molecule has 134 valence electrons. The minimum atomic E-state index is -0.434. The Kier molecular flexibility index (Phi) is 7.15. The summed E-state index contributed by atoms with van der Waals surface area (Å²) in [5.74, 6) is 0. The number of hydrogen-bond acceptors (Lipinski definition) is 4. The van der Waals surface area contributed by atoms with Crippen molar-refractivity contribution in [2.24, 2.45) is 0 Å². The summed E-state index contributed by atoms with van der Waals surface area (Å²) in [4.78, 5) is 11.8. The van der Waals surface area contributed by atoms with Gasteiger partial charge in [-0.1, -0.05) is 19.3 Å². The minimum absolute atomic E-state index is 0.224. The Morgan fingerprint density at radius 1 is 1.04 bits per heavy atom. The van der Waals surface area contributed by atoms with E-state index in [0.29, 0.717) is 12.1 Å². The minimum Gasteiger partial charge on any atom is -0.444 e. The van der Waals surface area contributed by atoms with Gasteiger partial charge in [-0.05, 0) is 52.9 Å². The first-order valence-electron chi connectivity index (χ1n) is 9.27. The predicted molar refractivity (Wildman–Crippen MR) is 91.6 cm³/mol. The van der Waals surface area contributed by atoms with E-state index in [1.165, 1.54) is 32.1 Å². The lowest BCUT2D eigenvalue weighted by atomic mass is 9.98. The van der Waals surface area contributed by atoms with Gasteiger partial charge in [-0.15, -0.1) is 0 Å². The number of nitrogens with one attached hydrogen (secondary N) is 2. The van der Waals surface area contributed by atoms with Gasteiger partial charge in [0.2, 0.25) is 0 Å². The second-order valence-corrected chi connectivity index (χ2v) is 7.94. The van der Waals surface area contributed by atoms with Crippen molar-refractivity contribution >= 4 is 6.09 Å². The zero-order chi connectivity index (χ0) is 16.7. The molecule has 2 aliphatic rings. The van der Waals surface area contributed by atoms with Crippen LogP contribution in [0.25, 0.3) is 0 Å². The summed E-state index contributed by atoms with van der Waals surface area (Å²) in [6.07, 6.45) is 9.73. The van der Waals surface area contributed by atoms with E-state index in [1.54, 1.807) is 0 Å². The van der Waals surface area contributed by atoms with E-state index in [1.807, 2.05) is 20.8 Å². The number of amides is 1. The Hall–Kier alpha value is -0.810. The highest BCUT2D eigenvalue weighted by Crippen LogP contribution is 2.21. The van der Waals surface area contributed by atoms with Crippen LogP contribution in [-0.2, 0) is 9.47 Å². The molecule has 2 unspecified atom stereocenters. The Bertz CT molecular complexity index is 362. The molecule has 0 radical (unpaired) electrons. The molecule has 0 bridgehead atoms. The zero-order valence-corrected chi connectivity index (χ0v) is 15.0. The lowest BCUT2D eigenvalue weighted by molar-refractivity contribution is 0.0293. The van der Waals surface area contributed by atoms with Gasteiger partial charge in [0.15, 0.2) is 0 Å². The van der Waals surface area contributed by atoms with Crippen molar-refractivity contribution in [1.82, 2.24) is 10.6 Å². The maximum absolute atomic E-state index is 11.8. The van der Waals surface area contributed by atoms with Crippen LogP contribution < -0.4 is 10.6 Å². The van der Waals surface area contributed by atoms with Crippen molar-refractivity contribution in [1.29, 1.82) is 0 Å². The summed E-state index contributed by atoms with van der Waals surface area (Å²) in [5, 5.41) is 6.53. The van der Waals surface area contributed by atoms with Crippen LogP contribution in [0.15, 0.2) is 0 Å². The molecule has 0 heterocycles. The maximum Gasteiger partial charge on any atom is 0.407 e. The Labute approximate surface area is 140 Å². The van der Waals surface area contributed by atoms with Gasteiger partial charge in [-0.2, -0.15) is 0 Å².